The van der Waals surface area contributed by atoms with Gasteiger partial charge in [-0.25, -0.2) is 0 Å². The maximum absolute atomic E-state index is 5.79. The van der Waals surface area contributed by atoms with Crippen molar-refractivity contribution in [3.63, 3.8) is 0 Å². The molecule has 0 rings (SSSR count). The Morgan fingerprint density at radius 3 is 1.36 bits per heavy atom. The molecule has 0 aliphatic heterocycles. The van der Waals surface area contributed by atoms with Crippen molar-refractivity contribution < 1.29 is 0 Å². The molecule has 0 aromatic carbocycles. The molecule has 0 amide bonds. The summed E-state index contributed by atoms with van der Waals surface area (Å²) < 4.78 is 0.250. The molecule has 68 valence electrons. The van der Waals surface area contributed by atoms with E-state index in [1.165, 1.54) is 0 Å². The van der Waals surface area contributed by atoms with E-state index in [1.807, 2.05) is 11.8 Å². The Balaban J connectivity index is 4.02. The Bertz CT molecular complexity index is 107. The van der Waals surface area contributed by atoms with Crippen LogP contribution in [0.2, 0.25) is 0 Å². The van der Waals surface area contributed by atoms with Gasteiger partial charge in [0.15, 0.2) is 0 Å². The Labute approximate surface area is 84.0 Å². The first kappa shape index (κ1) is 11.9. The Kier molecular flexibility index (Phi) is 4.61. The molecule has 0 fully saturated rings. The number of hydrogen-bond acceptors (Lipinski definition) is 1. The van der Waals surface area contributed by atoms with E-state index in [-0.39, 0.29) is 9.49 Å². The molecule has 0 saturated heterocycles. The highest BCUT2D eigenvalue weighted by Crippen LogP contribution is 2.37. The van der Waals surface area contributed by atoms with Crippen LogP contribution in [0.1, 0.15) is 27.7 Å². The molecule has 0 N–H and O–H groups in total. The van der Waals surface area contributed by atoms with Crippen molar-refractivity contribution in [1.29, 1.82) is 0 Å². The Hall–Kier alpha value is 0.930. The molecule has 0 atom stereocenters. The fourth-order valence-corrected chi connectivity index (χ4v) is 2.73. The maximum Gasteiger partial charge on any atom is 0.0365 e. The largest absolute Gasteiger partial charge is 0.147 e. The molecule has 0 aromatic heterocycles. The van der Waals surface area contributed by atoms with E-state index in [4.69, 9.17) is 23.2 Å². The number of alkyl halides is 2. The lowest BCUT2D eigenvalue weighted by atomic mass is 10.2. The van der Waals surface area contributed by atoms with Crippen molar-refractivity contribution in [1.82, 2.24) is 0 Å². The SMILES string of the molecule is CC(C)(CCl)SC(C)(C)CCl. The van der Waals surface area contributed by atoms with Crippen LogP contribution < -0.4 is 0 Å². The molecule has 0 nitrogen and oxygen atoms in total. The summed E-state index contributed by atoms with van der Waals surface area (Å²) in [5, 5.41) is 0. The van der Waals surface area contributed by atoms with Gasteiger partial charge in [-0.05, 0) is 27.7 Å². The molecule has 0 radical (unpaired) electrons. The van der Waals surface area contributed by atoms with Gasteiger partial charge in [-0.15, -0.1) is 35.0 Å². The van der Waals surface area contributed by atoms with Gasteiger partial charge in [0.05, 0.1) is 0 Å². The fraction of sp³-hybridized carbons (Fsp3) is 1.00. The highest BCUT2D eigenvalue weighted by Gasteiger charge is 2.27. The van der Waals surface area contributed by atoms with Crippen LogP contribution >= 0.6 is 35.0 Å². The van der Waals surface area contributed by atoms with Crippen molar-refractivity contribution in [3.8, 4) is 0 Å². The normalized spacial score (nSPS) is 13.6. The van der Waals surface area contributed by atoms with Crippen LogP contribution in [0, 0.1) is 0 Å². The quantitative estimate of drug-likeness (QED) is 0.643. The van der Waals surface area contributed by atoms with Gasteiger partial charge in [-0.3, -0.25) is 0 Å². The van der Waals surface area contributed by atoms with Gasteiger partial charge < -0.3 is 0 Å². The minimum Gasteiger partial charge on any atom is -0.147 e. The van der Waals surface area contributed by atoms with Crippen LogP contribution in [0.15, 0.2) is 0 Å². The molecule has 0 aliphatic carbocycles. The summed E-state index contributed by atoms with van der Waals surface area (Å²) in [6, 6.07) is 0. The number of hydrogen-bond donors (Lipinski definition) is 0. The van der Waals surface area contributed by atoms with Crippen molar-refractivity contribution >= 4 is 35.0 Å². The van der Waals surface area contributed by atoms with Gasteiger partial charge in [-0.2, -0.15) is 0 Å². The van der Waals surface area contributed by atoms with E-state index in [2.05, 4.69) is 27.7 Å². The summed E-state index contributed by atoms with van der Waals surface area (Å²) in [6.45, 7) is 8.55. The molecule has 0 bridgehead atoms. The summed E-state index contributed by atoms with van der Waals surface area (Å²) >= 11 is 13.4. The number of thioether (sulfide) groups is 1. The monoisotopic (exact) mass is 214 g/mol. The van der Waals surface area contributed by atoms with Crippen LogP contribution in [0.4, 0.5) is 0 Å². The standard InChI is InChI=1S/C8H16Cl2S/c1-7(2,5-9)11-8(3,4)6-10/h5-6H2,1-4H3. The van der Waals surface area contributed by atoms with Crippen molar-refractivity contribution in [2.75, 3.05) is 11.8 Å². The third kappa shape index (κ3) is 5.21. The molecule has 0 saturated carbocycles. The van der Waals surface area contributed by atoms with Crippen LogP contribution in [0.25, 0.3) is 0 Å². The number of rotatable bonds is 4. The summed E-state index contributed by atoms with van der Waals surface area (Å²) in [6.07, 6.45) is 0. The molecular formula is C8H16Cl2S. The average molecular weight is 215 g/mol. The first-order chi connectivity index (χ1) is 4.83. The second kappa shape index (κ2) is 4.25. The smallest absolute Gasteiger partial charge is 0.0365 e. The van der Waals surface area contributed by atoms with Crippen LogP contribution in [0.5, 0.6) is 0 Å². The predicted molar refractivity (Wildman–Crippen MR) is 57.2 cm³/mol. The van der Waals surface area contributed by atoms with Gasteiger partial charge in [0.2, 0.25) is 0 Å². The molecule has 11 heavy (non-hydrogen) atoms. The second-order valence-electron chi connectivity index (χ2n) is 3.89. The third-order valence-corrected chi connectivity index (χ3v) is 4.24. The lowest BCUT2D eigenvalue weighted by molar-refractivity contribution is 0.749. The average Bonchev–Trinajstić information content (AvgIpc) is 1.86. The van der Waals surface area contributed by atoms with Gasteiger partial charge in [0.25, 0.3) is 0 Å². The van der Waals surface area contributed by atoms with Crippen molar-refractivity contribution in [2.45, 2.75) is 37.2 Å². The molecular weight excluding hydrogens is 199 g/mol. The highest BCUT2D eigenvalue weighted by atomic mass is 35.5. The number of halogens is 2. The molecule has 0 aromatic rings. The fourth-order valence-electron chi connectivity index (χ4n) is 0.803. The lowest BCUT2D eigenvalue weighted by Gasteiger charge is -2.31. The zero-order valence-corrected chi connectivity index (χ0v) is 9.91. The van der Waals surface area contributed by atoms with E-state index in [1.54, 1.807) is 0 Å². The second-order valence-corrected chi connectivity index (χ2v) is 6.84. The van der Waals surface area contributed by atoms with E-state index < -0.39 is 0 Å². The molecule has 0 aliphatic rings. The minimum atomic E-state index is 0.125. The summed E-state index contributed by atoms with van der Waals surface area (Å²) in [4.78, 5) is 0. The topological polar surface area (TPSA) is 0 Å². The minimum absolute atomic E-state index is 0.125. The highest BCUT2D eigenvalue weighted by molar-refractivity contribution is 8.02. The van der Waals surface area contributed by atoms with E-state index in [0.717, 1.165) is 0 Å². The Morgan fingerprint density at radius 2 is 1.18 bits per heavy atom. The van der Waals surface area contributed by atoms with E-state index in [0.29, 0.717) is 11.8 Å². The lowest BCUT2D eigenvalue weighted by Crippen LogP contribution is -2.28. The Morgan fingerprint density at radius 1 is 0.909 bits per heavy atom. The molecule has 0 spiro atoms. The van der Waals surface area contributed by atoms with Gasteiger partial charge >= 0.3 is 0 Å². The maximum atomic E-state index is 5.79. The first-order valence-corrected chi connectivity index (χ1v) is 5.54. The van der Waals surface area contributed by atoms with Gasteiger partial charge in [0.1, 0.15) is 0 Å². The zero-order chi connectivity index (χ0) is 9.12. The molecule has 0 unspecified atom stereocenters. The van der Waals surface area contributed by atoms with Crippen molar-refractivity contribution in [2.24, 2.45) is 0 Å². The van der Waals surface area contributed by atoms with Crippen LogP contribution in [-0.2, 0) is 0 Å². The summed E-state index contributed by atoms with van der Waals surface area (Å²) in [7, 11) is 0. The molecule has 3 heteroatoms. The zero-order valence-electron chi connectivity index (χ0n) is 7.58. The van der Waals surface area contributed by atoms with Crippen LogP contribution in [-0.4, -0.2) is 21.3 Å². The first-order valence-electron chi connectivity index (χ1n) is 3.65. The predicted octanol–water partition coefficient (Wildman–Crippen LogP) is 3.75. The third-order valence-electron chi connectivity index (χ3n) is 1.20. The van der Waals surface area contributed by atoms with E-state index >= 15 is 0 Å². The summed E-state index contributed by atoms with van der Waals surface area (Å²) in [5.74, 6) is 1.33. The van der Waals surface area contributed by atoms with Crippen LogP contribution in [0.3, 0.4) is 0 Å². The van der Waals surface area contributed by atoms with Gasteiger partial charge in [0, 0.05) is 21.3 Å². The van der Waals surface area contributed by atoms with Gasteiger partial charge in [-0.1, -0.05) is 0 Å². The molecule has 0 heterocycles. The summed E-state index contributed by atoms with van der Waals surface area (Å²) in [5.41, 5.74) is 0. The van der Waals surface area contributed by atoms with E-state index in [9.17, 15) is 0 Å². The van der Waals surface area contributed by atoms with Crippen molar-refractivity contribution in [3.05, 3.63) is 0 Å².